The molecule has 0 amide bonds. The lowest BCUT2D eigenvalue weighted by atomic mass is 10.0. The summed E-state index contributed by atoms with van der Waals surface area (Å²) in [6.45, 7) is 4.25. The van der Waals surface area contributed by atoms with Crippen LogP contribution in [0.25, 0.3) is 16.8 Å². The SMILES string of the molecule is Cc1nn(-c2ccc(CCN)cc2)c(C)c1-c1cccc(C(F)(F)F)c1. The van der Waals surface area contributed by atoms with Crippen molar-refractivity contribution in [2.24, 2.45) is 5.73 Å². The van der Waals surface area contributed by atoms with Gasteiger partial charge in [0, 0.05) is 11.3 Å². The Bertz CT molecular complexity index is 909. The van der Waals surface area contributed by atoms with E-state index in [1.54, 1.807) is 10.7 Å². The van der Waals surface area contributed by atoms with E-state index >= 15 is 0 Å². The zero-order valence-electron chi connectivity index (χ0n) is 14.6. The summed E-state index contributed by atoms with van der Waals surface area (Å²) in [5.41, 5.74) is 9.63. The maximum atomic E-state index is 13.0. The molecule has 0 fully saturated rings. The monoisotopic (exact) mass is 359 g/mol. The van der Waals surface area contributed by atoms with Crippen LogP contribution in [-0.4, -0.2) is 16.3 Å². The number of nitrogens with two attached hydrogens (primary N) is 1. The zero-order chi connectivity index (χ0) is 18.9. The molecule has 0 saturated heterocycles. The molecule has 0 radical (unpaired) electrons. The van der Waals surface area contributed by atoms with Crippen molar-refractivity contribution in [1.82, 2.24) is 9.78 Å². The van der Waals surface area contributed by atoms with Gasteiger partial charge in [0.05, 0.1) is 16.9 Å². The Kier molecular flexibility index (Phi) is 4.87. The largest absolute Gasteiger partial charge is 0.416 e. The molecule has 1 aromatic heterocycles. The lowest BCUT2D eigenvalue weighted by Crippen LogP contribution is -2.04. The van der Waals surface area contributed by atoms with Gasteiger partial charge in [-0.2, -0.15) is 18.3 Å². The standard InChI is InChI=1S/C20H20F3N3/c1-13-19(16-4-3-5-17(12-16)20(21,22)23)14(2)26(25-13)18-8-6-15(7-9-18)10-11-24/h3-9,12H,10-11,24H2,1-2H3. The molecule has 3 rings (SSSR count). The number of hydrogen-bond donors (Lipinski definition) is 1. The Morgan fingerprint density at radius 2 is 1.73 bits per heavy atom. The van der Waals surface area contributed by atoms with Crippen LogP contribution >= 0.6 is 0 Å². The summed E-state index contributed by atoms with van der Waals surface area (Å²) in [5.74, 6) is 0. The van der Waals surface area contributed by atoms with Crippen molar-refractivity contribution in [3.05, 3.63) is 71.0 Å². The summed E-state index contributed by atoms with van der Waals surface area (Å²) in [7, 11) is 0. The lowest BCUT2D eigenvalue weighted by Gasteiger charge is -2.10. The van der Waals surface area contributed by atoms with Gasteiger partial charge < -0.3 is 5.73 Å². The summed E-state index contributed by atoms with van der Waals surface area (Å²) >= 11 is 0. The highest BCUT2D eigenvalue weighted by Crippen LogP contribution is 2.34. The molecule has 3 nitrogen and oxygen atoms in total. The predicted molar refractivity (Wildman–Crippen MR) is 96.2 cm³/mol. The van der Waals surface area contributed by atoms with E-state index in [2.05, 4.69) is 5.10 Å². The molecule has 3 aromatic rings. The third-order valence-corrected chi connectivity index (χ3v) is 4.38. The van der Waals surface area contributed by atoms with Crippen LogP contribution in [0.5, 0.6) is 0 Å². The first-order valence-electron chi connectivity index (χ1n) is 8.34. The van der Waals surface area contributed by atoms with Gasteiger partial charge in [-0.15, -0.1) is 0 Å². The van der Waals surface area contributed by atoms with E-state index in [1.807, 2.05) is 38.1 Å². The average molecular weight is 359 g/mol. The molecule has 0 aliphatic carbocycles. The van der Waals surface area contributed by atoms with Gasteiger partial charge in [-0.05, 0) is 62.2 Å². The van der Waals surface area contributed by atoms with Crippen molar-refractivity contribution in [2.75, 3.05) is 6.54 Å². The van der Waals surface area contributed by atoms with Gasteiger partial charge in [-0.1, -0.05) is 24.3 Å². The second-order valence-electron chi connectivity index (χ2n) is 6.24. The number of aryl methyl sites for hydroxylation is 1. The van der Waals surface area contributed by atoms with Crippen LogP contribution in [0, 0.1) is 13.8 Å². The number of aromatic nitrogens is 2. The molecule has 0 spiro atoms. The van der Waals surface area contributed by atoms with Gasteiger partial charge >= 0.3 is 6.18 Å². The van der Waals surface area contributed by atoms with E-state index in [-0.39, 0.29) is 0 Å². The van der Waals surface area contributed by atoms with E-state index in [1.165, 1.54) is 12.1 Å². The normalized spacial score (nSPS) is 11.8. The molecule has 2 aromatic carbocycles. The number of hydrogen-bond acceptors (Lipinski definition) is 2. The summed E-state index contributed by atoms with van der Waals surface area (Å²) in [6.07, 6.45) is -3.57. The van der Waals surface area contributed by atoms with E-state index in [0.29, 0.717) is 17.8 Å². The minimum Gasteiger partial charge on any atom is -0.330 e. The van der Waals surface area contributed by atoms with Crippen LogP contribution in [0.4, 0.5) is 13.2 Å². The summed E-state index contributed by atoms with van der Waals surface area (Å²) in [6, 6.07) is 13.2. The van der Waals surface area contributed by atoms with Crippen LogP contribution in [0.2, 0.25) is 0 Å². The van der Waals surface area contributed by atoms with Crippen LogP contribution in [0.1, 0.15) is 22.5 Å². The Morgan fingerprint density at radius 1 is 1.04 bits per heavy atom. The van der Waals surface area contributed by atoms with Gasteiger partial charge in [0.1, 0.15) is 0 Å². The third kappa shape index (κ3) is 3.51. The third-order valence-electron chi connectivity index (χ3n) is 4.38. The highest BCUT2D eigenvalue weighted by Gasteiger charge is 2.31. The molecule has 2 N–H and O–H groups in total. The highest BCUT2D eigenvalue weighted by atomic mass is 19.4. The smallest absolute Gasteiger partial charge is 0.330 e. The van der Waals surface area contributed by atoms with Crippen LogP contribution < -0.4 is 5.73 Å². The van der Waals surface area contributed by atoms with Crippen LogP contribution in [0.3, 0.4) is 0 Å². The number of benzene rings is 2. The van der Waals surface area contributed by atoms with E-state index in [4.69, 9.17) is 5.73 Å². The van der Waals surface area contributed by atoms with Gasteiger partial charge in [-0.25, -0.2) is 4.68 Å². The van der Waals surface area contributed by atoms with Crippen molar-refractivity contribution in [3.63, 3.8) is 0 Å². The minimum absolute atomic E-state index is 0.515. The van der Waals surface area contributed by atoms with E-state index < -0.39 is 11.7 Å². The molecule has 0 aliphatic rings. The summed E-state index contributed by atoms with van der Waals surface area (Å²) in [4.78, 5) is 0. The Morgan fingerprint density at radius 3 is 2.35 bits per heavy atom. The average Bonchev–Trinajstić information content (AvgIpc) is 2.90. The quantitative estimate of drug-likeness (QED) is 0.735. The van der Waals surface area contributed by atoms with Crippen molar-refractivity contribution in [1.29, 1.82) is 0 Å². The molecular weight excluding hydrogens is 339 g/mol. The number of halogens is 3. The van der Waals surface area contributed by atoms with Crippen molar-refractivity contribution >= 4 is 0 Å². The predicted octanol–water partition coefficient (Wildman–Crippen LogP) is 4.68. The minimum atomic E-state index is -4.37. The fourth-order valence-corrected chi connectivity index (χ4v) is 3.13. The van der Waals surface area contributed by atoms with Gasteiger partial charge in [0.15, 0.2) is 0 Å². The molecule has 0 unspecified atom stereocenters. The molecular formula is C20H20F3N3. The Hall–Kier alpha value is -2.60. The van der Waals surface area contributed by atoms with Gasteiger partial charge in [0.2, 0.25) is 0 Å². The first kappa shape index (κ1) is 18.2. The van der Waals surface area contributed by atoms with Crippen LogP contribution in [-0.2, 0) is 12.6 Å². The lowest BCUT2D eigenvalue weighted by molar-refractivity contribution is -0.137. The van der Waals surface area contributed by atoms with Crippen molar-refractivity contribution in [3.8, 4) is 16.8 Å². The molecule has 0 saturated carbocycles. The maximum absolute atomic E-state index is 13.0. The first-order valence-corrected chi connectivity index (χ1v) is 8.34. The molecule has 136 valence electrons. The second kappa shape index (κ2) is 6.96. The van der Waals surface area contributed by atoms with Crippen molar-refractivity contribution in [2.45, 2.75) is 26.4 Å². The Labute approximate surface area is 150 Å². The van der Waals surface area contributed by atoms with E-state index in [0.717, 1.165) is 35.0 Å². The molecule has 0 bridgehead atoms. The summed E-state index contributed by atoms with van der Waals surface area (Å²) < 4.78 is 40.8. The van der Waals surface area contributed by atoms with Gasteiger partial charge in [-0.3, -0.25) is 0 Å². The maximum Gasteiger partial charge on any atom is 0.416 e. The molecule has 0 atom stereocenters. The molecule has 6 heteroatoms. The Balaban J connectivity index is 2.04. The number of rotatable bonds is 4. The summed E-state index contributed by atoms with van der Waals surface area (Å²) in [5, 5.41) is 4.54. The van der Waals surface area contributed by atoms with Crippen LogP contribution in [0.15, 0.2) is 48.5 Å². The van der Waals surface area contributed by atoms with Crippen molar-refractivity contribution < 1.29 is 13.2 Å². The molecule has 0 aliphatic heterocycles. The highest BCUT2D eigenvalue weighted by molar-refractivity contribution is 5.70. The van der Waals surface area contributed by atoms with Gasteiger partial charge in [0.25, 0.3) is 0 Å². The van der Waals surface area contributed by atoms with E-state index in [9.17, 15) is 13.2 Å². The number of alkyl halides is 3. The topological polar surface area (TPSA) is 43.8 Å². The first-order chi connectivity index (χ1) is 12.3. The molecule has 1 heterocycles. The molecule has 26 heavy (non-hydrogen) atoms. The fraction of sp³-hybridized carbons (Fsp3) is 0.250. The zero-order valence-corrected chi connectivity index (χ0v) is 14.6. The fourth-order valence-electron chi connectivity index (χ4n) is 3.13. The second-order valence-corrected chi connectivity index (χ2v) is 6.24. The number of nitrogens with zero attached hydrogens (tertiary/aromatic N) is 2.